The summed E-state index contributed by atoms with van der Waals surface area (Å²) in [4.78, 5) is 25.6. The molecule has 1 atom stereocenters. The molecular formula is C10H11BrN2O2S. The zero-order valence-electron chi connectivity index (χ0n) is 8.48. The maximum Gasteiger partial charge on any atom is 0.246 e. The van der Waals surface area contributed by atoms with E-state index in [1.807, 2.05) is 11.4 Å². The number of carbonyl (C=O) groups excluding carboxylic acids is 2. The molecule has 2 heterocycles. The van der Waals surface area contributed by atoms with Gasteiger partial charge < -0.3 is 5.73 Å². The molecule has 2 rings (SSSR count). The van der Waals surface area contributed by atoms with Gasteiger partial charge in [-0.05, 0) is 33.8 Å². The number of piperidine rings is 1. The van der Waals surface area contributed by atoms with Gasteiger partial charge in [0.1, 0.15) is 0 Å². The van der Waals surface area contributed by atoms with Crippen molar-refractivity contribution in [3.63, 3.8) is 0 Å². The molecule has 16 heavy (non-hydrogen) atoms. The minimum atomic E-state index is -0.531. The van der Waals surface area contributed by atoms with Gasteiger partial charge in [-0.2, -0.15) is 0 Å². The monoisotopic (exact) mass is 302 g/mol. The molecule has 2 N–H and O–H groups in total. The third-order valence-corrected chi connectivity index (χ3v) is 4.46. The van der Waals surface area contributed by atoms with Gasteiger partial charge in [-0.3, -0.25) is 14.5 Å². The Hall–Kier alpha value is -0.720. The second kappa shape index (κ2) is 4.65. The average molecular weight is 303 g/mol. The summed E-state index contributed by atoms with van der Waals surface area (Å²) in [6, 6.07) is 1.37. The van der Waals surface area contributed by atoms with Crippen LogP contribution in [0.3, 0.4) is 0 Å². The van der Waals surface area contributed by atoms with E-state index < -0.39 is 6.04 Å². The third-order valence-electron chi connectivity index (χ3n) is 2.55. The van der Waals surface area contributed by atoms with Gasteiger partial charge in [-0.1, -0.05) is 0 Å². The van der Waals surface area contributed by atoms with Crippen molar-refractivity contribution in [2.24, 2.45) is 5.73 Å². The van der Waals surface area contributed by atoms with E-state index in [2.05, 4.69) is 15.9 Å². The van der Waals surface area contributed by atoms with Crippen molar-refractivity contribution in [3.8, 4) is 0 Å². The van der Waals surface area contributed by atoms with Crippen LogP contribution in [-0.4, -0.2) is 22.8 Å². The number of imide groups is 1. The third kappa shape index (κ3) is 2.18. The Morgan fingerprint density at radius 2 is 2.31 bits per heavy atom. The van der Waals surface area contributed by atoms with Gasteiger partial charge in [0.15, 0.2) is 0 Å². The molecule has 0 radical (unpaired) electrons. The fraction of sp³-hybridized carbons (Fsp3) is 0.400. The molecule has 0 spiro atoms. The standard InChI is InChI=1S/C10H11BrN2O2S/c11-6-3-4-16-8(6)5-13-9(14)2-1-7(12)10(13)15/h3-4,7H,1-2,5,12H2. The Morgan fingerprint density at radius 3 is 2.94 bits per heavy atom. The second-order valence-electron chi connectivity index (χ2n) is 3.66. The lowest BCUT2D eigenvalue weighted by atomic mass is 10.1. The van der Waals surface area contributed by atoms with Crippen LogP contribution in [0.25, 0.3) is 0 Å². The summed E-state index contributed by atoms with van der Waals surface area (Å²) in [7, 11) is 0. The van der Waals surface area contributed by atoms with Gasteiger partial charge in [0.05, 0.1) is 12.6 Å². The SMILES string of the molecule is NC1CCC(=O)N(Cc2sccc2Br)C1=O. The molecule has 1 aliphatic rings. The summed E-state index contributed by atoms with van der Waals surface area (Å²) >= 11 is 4.89. The van der Waals surface area contributed by atoms with Gasteiger partial charge in [0, 0.05) is 15.8 Å². The van der Waals surface area contributed by atoms with E-state index in [9.17, 15) is 9.59 Å². The number of nitrogens with two attached hydrogens (primary N) is 1. The van der Waals surface area contributed by atoms with Gasteiger partial charge in [-0.25, -0.2) is 0 Å². The number of rotatable bonds is 2. The molecule has 0 saturated carbocycles. The van der Waals surface area contributed by atoms with E-state index in [0.717, 1.165) is 9.35 Å². The number of hydrogen-bond acceptors (Lipinski definition) is 4. The van der Waals surface area contributed by atoms with Crippen molar-refractivity contribution < 1.29 is 9.59 Å². The lowest BCUT2D eigenvalue weighted by Gasteiger charge is -2.28. The number of halogens is 1. The quantitative estimate of drug-likeness (QED) is 0.842. The summed E-state index contributed by atoms with van der Waals surface area (Å²) in [5.41, 5.74) is 5.65. The number of hydrogen-bond donors (Lipinski definition) is 1. The first-order valence-corrected chi connectivity index (χ1v) is 6.58. The number of nitrogens with zero attached hydrogens (tertiary/aromatic N) is 1. The molecule has 1 aliphatic heterocycles. The summed E-state index contributed by atoms with van der Waals surface area (Å²) in [5, 5.41) is 1.91. The molecule has 0 bridgehead atoms. The minimum absolute atomic E-state index is 0.132. The fourth-order valence-corrected chi connectivity index (χ4v) is 3.07. The Balaban J connectivity index is 2.16. The van der Waals surface area contributed by atoms with Crippen LogP contribution in [0.4, 0.5) is 0 Å². The summed E-state index contributed by atoms with van der Waals surface area (Å²) in [5.74, 6) is -0.399. The molecule has 6 heteroatoms. The predicted octanol–water partition coefficient (Wildman–Crippen LogP) is 1.49. The summed E-state index contributed by atoms with van der Waals surface area (Å²) in [6.07, 6.45) is 0.815. The first-order valence-electron chi connectivity index (χ1n) is 4.91. The Bertz CT molecular complexity index is 432. The van der Waals surface area contributed by atoms with Crippen LogP contribution in [0.2, 0.25) is 0 Å². The molecule has 0 aromatic carbocycles. The predicted molar refractivity (Wildman–Crippen MR) is 64.8 cm³/mol. The number of carbonyl (C=O) groups is 2. The first-order chi connectivity index (χ1) is 7.59. The van der Waals surface area contributed by atoms with Crippen molar-refractivity contribution in [2.75, 3.05) is 0 Å². The zero-order valence-corrected chi connectivity index (χ0v) is 10.9. The van der Waals surface area contributed by atoms with Crippen molar-refractivity contribution >= 4 is 39.1 Å². The van der Waals surface area contributed by atoms with E-state index >= 15 is 0 Å². The van der Waals surface area contributed by atoms with Crippen LogP contribution in [0.5, 0.6) is 0 Å². The smallest absolute Gasteiger partial charge is 0.246 e. The van der Waals surface area contributed by atoms with Crippen LogP contribution >= 0.6 is 27.3 Å². The lowest BCUT2D eigenvalue weighted by Crippen LogP contribution is -2.50. The largest absolute Gasteiger partial charge is 0.320 e. The van der Waals surface area contributed by atoms with Gasteiger partial charge in [-0.15, -0.1) is 11.3 Å². The van der Waals surface area contributed by atoms with Crippen LogP contribution in [-0.2, 0) is 16.1 Å². The molecule has 1 aromatic rings. The Labute approximate surface area is 106 Å². The Morgan fingerprint density at radius 1 is 1.56 bits per heavy atom. The lowest BCUT2D eigenvalue weighted by molar-refractivity contribution is -0.149. The van der Waals surface area contributed by atoms with Gasteiger partial charge in [0.2, 0.25) is 11.8 Å². The minimum Gasteiger partial charge on any atom is -0.320 e. The highest BCUT2D eigenvalue weighted by atomic mass is 79.9. The zero-order chi connectivity index (χ0) is 11.7. The highest BCUT2D eigenvalue weighted by molar-refractivity contribution is 9.10. The summed E-state index contributed by atoms with van der Waals surface area (Å²) in [6.45, 7) is 0.323. The molecule has 0 aliphatic carbocycles. The molecule has 86 valence electrons. The van der Waals surface area contributed by atoms with Crippen molar-refractivity contribution in [1.82, 2.24) is 4.90 Å². The van der Waals surface area contributed by atoms with Crippen LogP contribution in [0.15, 0.2) is 15.9 Å². The van der Waals surface area contributed by atoms with Crippen molar-refractivity contribution in [1.29, 1.82) is 0 Å². The van der Waals surface area contributed by atoms with Gasteiger partial charge >= 0.3 is 0 Å². The van der Waals surface area contributed by atoms with E-state index in [-0.39, 0.29) is 11.8 Å². The van der Waals surface area contributed by atoms with Crippen molar-refractivity contribution in [2.45, 2.75) is 25.4 Å². The van der Waals surface area contributed by atoms with E-state index in [1.54, 1.807) is 0 Å². The topological polar surface area (TPSA) is 63.4 Å². The molecule has 4 nitrogen and oxygen atoms in total. The van der Waals surface area contributed by atoms with Crippen LogP contribution in [0, 0.1) is 0 Å². The maximum absolute atomic E-state index is 11.7. The highest BCUT2D eigenvalue weighted by Gasteiger charge is 2.32. The van der Waals surface area contributed by atoms with Crippen LogP contribution < -0.4 is 5.73 Å². The molecule has 1 aromatic heterocycles. The molecule has 1 unspecified atom stereocenters. The van der Waals surface area contributed by atoms with Crippen molar-refractivity contribution in [3.05, 3.63) is 20.8 Å². The molecule has 1 saturated heterocycles. The number of amides is 2. The van der Waals surface area contributed by atoms with E-state index in [1.165, 1.54) is 16.2 Å². The first kappa shape index (κ1) is 11.8. The summed E-state index contributed by atoms with van der Waals surface area (Å²) < 4.78 is 0.928. The molecular weight excluding hydrogens is 292 g/mol. The maximum atomic E-state index is 11.7. The van der Waals surface area contributed by atoms with Gasteiger partial charge in [0.25, 0.3) is 0 Å². The van der Waals surface area contributed by atoms with E-state index in [0.29, 0.717) is 19.4 Å². The fourth-order valence-electron chi connectivity index (χ4n) is 1.61. The Kier molecular flexibility index (Phi) is 3.41. The normalized spacial score (nSPS) is 21.6. The highest BCUT2D eigenvalue weighted by Crippen LogP contribution is 2.25. The van der Waals surface area contributed by atoms with E-state index in [4.69, 9.17) is 5.73 Å². The number of thiophene rings is 1. The molecule has 2 amide bonds. The average Bonchev–Trinajstić information content (AvgIpc) is 2.65. The second-order valence-corrected chi connectivity index (χ2v) is 5.51. The number of likely N-dealkylation sites (tertiary alicyclic amines) is 1. The molecule has 1 fully saturated rings. The van der Waals surface area contributed by atoms with Crippen LogP contribution in [0.1, 0.15) is 17.7 Å².